The molecular weight excluding hydrogens is 535 g/mol. The van der Waals surface area contributed by atoms with Gasteiger partial charge in [-0.1, -0.05) is 11.6 Å². The monoisotopic (exact) mass is 568 g/mol. The van der Waals surface area contributed by atoms with Gasteiger partial charge in [-0.15, -0.1) is 0 Å². The molecule has 5 N–H and O–H groups in total. The van der Waals surface area contributed by atoms with Crippen LogP contribution in [0, 0.1) is 5.82 Å². The number of nitrogens with two attached hydrogens (primary N) is 1. The van der Waals surface area contributed by atoms with E-state index in [1.54, 1.807) is 24.3 Å². The summed E-state index contributed by atoms with van der Waals surface area (Å²) < 4.78 is 25.1. The Balaban J connectivity index is 1.60. The van der Waals surface area contributed by atoms with E-state index in [0.717, 1.165) is 24.7 Å². The number of ether oxygens (including phenoxy) is 2. The van der Waals surface area contributed by atoms with Crippen molar-refractivity contribution < 1.29 is 23.8 Å². The second-order valence-electron chi connectivity index (χ2n) is 10.1. The quantitative estimate of drug-likeness (QED) is 0.222. The number of carbonyl (C=O) groups is 1. The van der Waals surface area contributed by atoms with Gasteiger partial charge in [-0.25, -0.2) is 9.37 Å². The van der Waals surface area contributed by atoms with E-state index in [-0.39, 0.29) is 23.6 Å². The third-order valence-corrected chi connectivity index (χ3v) is 6.93. The minimum absolute atomic E-state index is 0.00526. The Morgan fingerprint density at radius 3 is 2.62 bits per heavy atom. The summed E-state index contributed by atoms with van der Waals surface area (Å²) in [7, 11) is 1.53. The maximum absolute atomic E-state index is 13.9. The first-order chi connectivity index (χ1) is 19.1. The minimum atomic E-state index is -0.533. The number of aromatic nitrogens is 1. The van der Waals surface area contributed by atoms with E-state index >= 15 is 0 Å². The van der Waals surface area contributed by atoms with Crippen LogP contribution in [0.25, 0.3) is 16.8 Å². The molecule has 1 fully saturated rings. The van der Waals surface area contributed by atoms with Gasteiger partial charge >= 0.3 is 0 Å². The van der Waals surface area contributed by atoms with Crippen LogP contribution < -0.4 is 25.8 Å². The first-order valence-electron chi connectivity index (χ1n) is 13.0. The Hall–Kier alpha value is -3.66. The van der Waals surface area contributed by atoms with Crippen LogP contribution in [0.4, 0.5) is 4.39 Å². The smallest absolute Gasteiger partial charge is 0.251 e. The van der Waals surface area contributed by atoms with E-state index in [9.17, 15) is 14.3 Å². The predicted octanol–water partition coefficient (Wildman–Crippen LogP) is 5.20. The number of methoxy groups -OCH3 is 1. The van der Waals surface area contributed by atoms with Crippen molar-refractivity contribution in [1.82, 2.24) is 15.6 Å². The molecule has 3 aromatic rings. The molecule has 0 bridgehead atoms. The standard InChI is InChI=1S/C30H34ClFN4O4/c1-30(2,35-11-10-33)21-14-25(18-4-8-24(32)23(31)12-18)36-26(15-21)20(17-37)16-34-29(38)19-5-9-27(28(13-19)39-3)40-22-6-7-22/h4-5,8-9,12-15,17,22,35,37H,6-7,10-11,16,33H2,1-3H3,(H,34,38)/b20-17-. The third kappa shape index (κ3) is 7.10. The number of nitrogens with one attached hydrogen (secondary N) is 2. The molecule has 1 heterocycles. The van der Waals surface area contributed by atoms with Crippen molar-refractivity contribution in [2.45, 2.75) is 38.3 Å². The Bertz CT molecular complexity index is 1410. The van der Waals surface area contributed by atoms with Crippen molar-refractivity contribution >= 4 is 23.1 Å². The van der Waals surface area contributed by atoms with Gasteiger partial charge in [0.25, 0.3) is 5.91 Å². The molecule has 1 aliphatic carbocycles. The maximum atomic E-state index is 13.9. The summed E-state index contributed by atoms with van der Waals surface area (Å²) in [6, 6.07) is 13.1. The number of hydrogen-bond donors (Lipinski definition) is 4. The fourth-order valence-electron chi connectivity index (χ4n) is 4.10. The molecule has 40 heavy (non-hydrogen) atoms. The lowest BCUT2D eigenvalue weighted by molar-refractivity contribution is 0.0958. The van der Waals surface area contributed by atoms with Crippen molar-refractivity contribution in [2.75, 3.05) is 26.7 Å². The lowest BCUT2D eigenvalue weighted by Gasteiger charge is -2.28. The summed E-state index contributed by atoms with van der Waals surface area (Å²) in [5.41, 5.74) is 8.37. The molecule has 212 valence electrons. The molecular formula is C30H34ClFN4O4. The SMILES string of the molecule is COc1cc(C(=O)NC/C(=C/O)c2cc(C(C)(C)NCCN)cc(-c3ccc(F)c(Cl)c3)n2)ccc1OC1CC1. The van der Waals surface area contributed by atoms with E-state index < -0.39 is 11.4 Å². The molecule has 0 radical (unpaired) electrons. The maximum Gasteiger partial charge on any atom is 0.251 e. The molecule has 2 aromatic carbocycles. The fourth-order valence-corrected chi connectivity index (χ4v) is 4.28. The van der Waals surface area contributed by atoms with Crippen molar-refractivity contribution in [3.05, 3.63) is 82.5 Å². The highest BCUT2D eigenvalue weighted by molar-refractivity contribution is 6.31. The minimum Gasteiger partial charge on any atom is -0.515 e. The van der Waals surface area contributed by atoms with Crippen LogP contribution in [0.1, 0.15) is 48.3 Å². The lowest BCUT2D eigenvalue weighted by Crippen LogP contribution is -2.39. The summed E-state index contributed by atoms with van der Waals surface area (Å²) in [5, 5.41) is 16.4. The highest BCUT2D eigenvalue weighted by Gasteiger charge is 2.26. The van der Waals surface area contributed by atoms with Crippen LogP contribution in [0.15, 0.2) is 54.8 Å². The number of rotatable bonds is 12. The highest BCUT2D eigenvalue weighted by Crippen LogP contribution is 2.34. The Kier molecular flexibility index (Phi) is 9.29. The molecule has 1 amide bonds. The van der Waals surface area contributed by atoms with Crippen LogP contribution in [0.3, 0.4) is 0 Å². The van der Waals surface area contributed by atoms with Gasteiger partial charge < -0.3 is 30.9 Å². The largest absolute Gasteiger partial charge is 0.515 e. The first-order valence-corrected chi connectivity index (χ1v) is 13.4. The van der Waals surface area contributed by atoms with Gasteiger partial charge in [-0.05, 0) is 80.8 Å². The van der Waals surface area contributed by atoms with E-state index in [2.05, 4.69) is 10.6 Å². The van der Waals surface area contributed by atoms with Gasteiger partial charge in [0.2, 0.25) is 0 Å². The van der Waals surface area contributed by atoms with Crippen LogP contribution in [-0.4, -0.2) is 48.8 Å². The summed E-state index contributed by atoms with van der Waals surface area (Å²) in [4.78, 5) is 17.7. The number of halogens is 2. The zero-order valence-corrected chi connectivity index (χ0v) is 23.5. The number of benzene rings is 2. The Morgan fingerprint density at radius 2 is 1.98 bits per heavy atom. The van der Waals surface area contributed by atoms with Gasteiger partial charge in [-0.3, -0.25) is 4.79 Å². The number of carbonyl (C=O) groups excluding carboxylic acids is 1. The van der Waals surface area contributed by atoms with Gasteiger partial charge in [0.1, 0.15) is 5.82 Å². The zero-order chi connectivity index (χ0) is 28.9. The van der Waals surface area contributed by atoms with E-state index in [1.807, 2.05) is 26.0 Å². The second-order valence-corrected chi connectivity index (χ2v) is 10.5. The molecule has 0 spiro atoms. The van der Waals surface area contributed by atoms with Crippen molar-refractivity contribution in [3.8, 4) is 22.8 Å². The van der Waals surface area contributed by atoms with Crippen LogP contribution in [0.5, 0.6) is 11.5 Å². The highest BCUT2D eigenvalue weighted by atomic mass is 35.5. The normalized spacial score (nSPS) is 13.7. The number of amides is 1. The van der Waals surface area contributed by atoms with Gasteiger partial charge in [0.15, 0.2) is 11.5 Å². The summed E-state index contributed by atoms with van der Waals surface area (Å²) in [6.07, 6.45) is 3.13. The Morgan fingerprint density at radius 1 is 1.20 bits per heavy atom. The number of aliphatic hydroxyl groups excluding tert-OH is 1. The molecule has 0 saturated heterocycles. The fraction of sp³-hybridized carbons (Fsp3) is 0.333. The molecule has 0 aliphatic heterocycles. The first kappa shape index (κ1) is 29.3. The van der Waals surface area contributed by atoms with Gasteiger partial charge in [-0.2, -0.15) is 0 Å². The molecule has 1 saturated carbocycles. The van der Waals surface area contributed by atoms with E-state index in [0.29, 0.717) is 52.7 Å². The predicted molar refractivity (Wildman–Crippen MR) is 154 cm³/mol. The molecule has 0 unspecified atom stereocenters. The van der Waals surface area contributed by atoms with E-state index in [4.69, 9.17) is 31.8 Å². The van der Waals surface area contributed by atoms with Crippen molar-refractivity contribution in [1.29, 1.82) is 0 Å². The average Bonchev–Trinajstić information content (AvgIpc) is 3.77. The second kappa shape index (κ2) is 12.7. The van der Waals surface area contributed by atoms with E-state index in [1.165, 1.54) is 19.2 Å². The van der Waals surface area contributed by atoms with Crippen LogP contribution in [0.2, 0.25) is 5.02 Å². The molecule has 10 heteroatoms. The number of hydrogen-bond acceptors (Lipinski definition) is 7. The number of nitrogens with zero attached hydrogens (tertiary/aromatic N) is 1. The van der Waals surface area contributed by atoms with Gasteiger partial charge in [0, 0.05) is 41.9 Å². The van der Waals surface area contributed by atoms with Crippen LogP contribution in [-0.2, 0) is 5.54 Å². The topological polar surface area (TPSA) is 119 Å². The average molecular weight is 569 g/mol. The van der Waals surface area contributed by atoms with Crippen molar-refractivity contribution in [2.24, 2.45) is 5.73 Å². The number of pyridine rings is 1. The lowest BCUT2D eigenvalue weighted by atomic mass is 9.91. The third-order valence-electron chi connectivity index (χ3n) is 6.64. The number of aliphatic hydroxyl groups is 1. The van der Waals surface area contributed by atoms with Crippen LogP contribution >= 0.6 is 11.6 Å². The summed E-state index contributed by atoms with van der Waals surface area (Å²) >= 11 is 6.05. The molecule has 0 atom stereocenters. The molecule has 4 rings (SSSR count). The van der Waals surface area contributed by atoms with Gasteiger partial charge in [0.05, 0.1) is 35.9 Å². The van der Waals surface area contributed by atoms with Crippen molar-refractivity contribution in [3.63, 3.8) is 0 Å². The molecule has 1 aromatic heterocycles. The zero-order valence-electron chi connectivity index (χ0n) is 22.8. The molecule has 8 nitrogen and oxygen atoms in total. The molecule has 1 aliphatic rings. The summed E-state index contributed by atoms with van der Waals surface area (Å²) in [6.45, 7) is 5.02. The summed E-state index contributed by atoms with van der Waals surface area (Å²) in [5.74, 6) is 0.177. The Labute approximate surface area is 238 Å².